The van der Waals surface area contributed by atoms with Crippen LogP contribution in [-0.4, -0.2) is 0 Å². The van der Waals surface area contributed by atoms with Crippen LogP contribution in [0.2, 0.25) is 0 Å². The molecule has 1 atom stereocenters. The summed E-state index contributed by atoms with van der Waals surface area (Å²) < 4.78 is 0. The molecule has 0 fully saturated rings. The SMILES string of the molecule is C=C/C=C(\C=C)C(CC)c1ccccc1. The molecule has 0 heterocycles. The minimum atomic E-state index is 0.432. The number of hydrogen-bond donors (Lipinski definition) is 0. The van der Waals surface area contributed by atoms with Gasteiger partial charge in [-0.25, -0.2) is 0 Å². The Morgan fingerprint density at radius 2 is 1.93 bits per heavy atom. The Morgan fingerprint density at radius 1 is 1.27 bits per heavy atom. The first-order valence-electron chi connectivity index (χ1n) is 5.33. The molecule has 0 bridgehead atoms. The van der Waals surface area contributed by atoms with E-state index in [4.69, 9.17) is 0 Å². The quantitative estimate of drug-likeness (QED) is 0.612. The van der Waals surface area contributed by atoms with Crippen molar-refractivity contribution in [2.75, 3.05) is 0 Å². The summed E-state index contributed by atoms with van der Waals surface area (Å²) in [6.45, 7) is 9.79. The van der Waals surface area contributed by atoms with Crippen molar-refractivity contribution in [1.82, 2.24) is 0 Å². The maximum absolute atomic E-state index is 3.86. The predicted octanol–water partition coefficient (Wildman–Crippen LogP) is 4.48. The molecule has 0 nitrogen and oxygen atoms in total. The molecular formula is C15H18. The summed E-state index contributed by atoms with van der Waals surface area (Å²) in [7, 11) is 0. The second-order valence-electron chi connectivity index (χ2n) is 3.48. The predicted molar refractivity (Wildman–Crippen MR) is 68.0 cm³/mol. The zero-order valence-electron chi connectivity index (χ0n) is 9.32. The van der Waals surface area contributed by atoms with E-state index in [1.807, 2.05) is 24.3 Å². The molecule has 0 saturated heterocycles. The largest absolute Gasteiger partial charge is 0.0991 e. The molecule has 78 valence electrons. The van der Waals surface area contributed by atoms with E-state index in [1.165, 1.54) is 11.1 Å². The van der Waals surface area contributed by atoms with Crippen molar-refractivity contribution < 1.29 is 0 Å². The van der Waals surface area contributed by atoms with Crippen LogP contribution in [0, 0.1) is 0 Å². The smallest absolute Gasteiger partial charge is 0.00865 e. The van der Waals surface area contributed by atoms with Gasteiger partial charge in [-0.2, -0.15) is 0 Å². The van der Waals surface area contributed by atoms with Crippen LogP contribution in [0.15, 0.2) is 67.3 Å². The maximum atomic E-state index is 3.86. The standard InChI is InChI=1S/C15H18/c1-4-10-13(5-2)15(6-3)14-11-8-7-9-12-14/h4-5,7-12,15H,1-2,6H2,3H3/b13-10+. The molecule has 0 aliphatic carbocycles. The molecule has 15 heavy (non-hydrogen) atoms. The Kier molecular flexibility index (Phi) is 4.62. The van der Waals surface area contributed by atoms with Crippen molar-refractivity contribution in [3.8, 4) is 0 Å². The molecule has 0 aliphatic rings. The van der Waals surface area contributed by atoms with Crippen molar-refractivity contribution in [3.05, 3.63) is 72.9 Å². The monoisotopic (exact) mass is 198 g/mol. The van der Waals surface area contributed by atoms with E-state index in [2.05, 4.69) is 44.3 Å². The average molecular weight is 198 g/mol. The minimum absolute atomic E-state index is 0.432. The highest BCUT2D eigenvalue weighted by atomic mass is 14.1. The topological polar surface area (TPSA) is 0 Å². The van der Waals surface area contributed by atoms with Crippen molar-refractivity contribution in [1.29, 1.82) is 0 Å². The third kappa shape index (κ3) is 2.95. The fourth-order valence-electron chi connectivity index (χ4n) is 1.81. The second kappa shape index (κ2) is 6.02. The van der Waals surface area contributed by atoms with E-state index < -0.39 is 0 Å². The van der Waals surface area contributed by atoms with Gasteiger partial charge < -0.3 is 0 Å². The van der Waals surface area contributed by atoms with Crippen LogP contribution in [0.5, 0.6) is 0 Å². The van der Waals surface area contributed by atoms with E-state index in [1.54, 1.807) is 0 Å². The summed E-state index contributed by atoms with van der Waals surface area (Å²) in [4.78, 5) is 0. The number of hydrogen-bond acceptors (Lipinski definition) is 0. The van der Waals surface area contributed by atoms with Gasteiger partial charge >= 0.3 is 0 Å². The Balaban J connectivity index is 3.03. The molecular weight excluding hydrogens is 180 g/mol. The molecule has 0 aromatic heterocycles. The molecule has 1 unspecified atom stereocenters. The van der Waals surface area contributed by atoms with Gasteiger partial charge in [0.2, 0.25) is 0 Å². The van der Waals surface area contributed by atoms with Crippen LogP contribution >= 0.6 is 0 Å². The molecule has 0 spiro atoms. The van der Waals surface area contributed by atoms with Crippen LogP contribution in [0.3, 0.4) is 0 Å². The normalized spacial score (nSPS) is 13.3. The van der Waals surface area contributed by atoms with Crippen molar-refractivity contribution in [3.63, 3.8) is 0 Å². The zero-order valence-corrected chi connectivity index (χ0v) is 9.32. The second-order valence-corrected chi connectivity index (χ2v) is 3.48. The van der Waals surface area contributed by atoms with Gasteiger partial charge in [-0.15, -0.1) is 0 Å². The van der Waals surface area contributed by atoms with Gasteiger partial charge in [-0.3, -0.25) is 0 Å². The molecule has 1 aromatic carbocycles. The van der Waals surface area contributed by atoms with Gasteiger partial charge in [-0.1, -0.05) is 68.6 Å². The Hall–Kier alpha value is -1.56. The lowest BCUT2D eigenvalue weighted by Crippen LogP contribution is -1.99. The van der Waals surface area contributed by atoms with E-state index in [-0.39, 0.29) is 0 Å². The summed E-state index contributed by atoms with van der Waals surface area (Å²) >= 11 is 0. The number of rotatable bonds is 5. The maximum Gasteiger partial charge on any atom is 0.00865 e. The van der Waals surface area contributed by atoms with Gasteiger partial charge in [0.1, 0.15) is 0 Å². The zero-order chi connectivity index (χ0) is 11.1. The van der Waals surface area contributed by atoms with E-state index in [0.29, 0.717) is 5.92 Å². The highest BCUT2D eigenvalue weighted by Crippen LogP contribution is 2.28. The fraction of sp³-hybridized carbons (Fsp3) is 0.200. The lowest BCUT2D eigenvalue weighted by molar-refractivity contribution is 0.777. The van der Waals surface area contributed by atoms with Crippen molar-refractivity contribution in [2.45, 2.75) is 19.3 Å². The van der Waals surface area contributed by atoms with E-state index in [0.717, 1.165) is 6.42 Å². The van der Waals surface area contributed by atoms with Gasteiger partial charge in [0.15, 0.2) is 0 Å². The highest BCUT2D eigenvalue weighted by molar-refractivity contribution is 5.35. The third-order valence-electron chi connectivity index (χ3n) is 2.56. The van der Waals surface area contributed by atoms with Crippen LogP contribution in [0.1, 0.15) is 24.8 Å². The Labute approximate surface area is 92.6 Å². The first kappa shape index (κ1) is 11.5. The van der Waals surface area contributed by atoms with E-state index >= 15 is 0 Å². The Bertz CT molecular complexity index is 344. The molecule has 1 rings (SSSR count). The summed E-state index contributed by atoms with van der Waals surface area (Å²) in [5.41, 5.74) is 2.58. The van der Waals surface area contributed by atoms with E-state index in [9.17, 15) is 0 Å². The number of allylic oxidation sites excluding steroid dienone is 4. The molecule has 0 saturated carbocycles. The van der Waals surface area contributed by atoms with Crippen LogP contribution in [-0.2, 0) is 0 Å². The lowest BCUT2D eigenvalue weighted by atomic mass is 9.88. The third-order valence-corrected chi connectivity index (χ3v) is 2.56. The van der Waals surface area contributed by atoms with Gasteiger partial charge in [-0.05, 0) is 17.6 Å². The fourth-order valence-corrected chi connectivity index (χ4v) is 1.81. The summed E-state index contributed by atoms with van der Waals surface area (Å²) in [6, 6.07) is 10.5. The van der Waals surface area contributed by atoms with Gasteiger partial charge in [0, 0.05) is 5.92 Å². The van der Waals surface area contributed by atoms with Gasteiger partial charge in [0.05, 0.1) is 0 Å². The first-order chi connectivity index (χ1) is 7.33. The molecule has 0 radical (unpaired) electrons. The van der Waals surface area contributed by atoms with Crippen LogP contribution in [0.25, 0.3) is 0 Å². The van der Waals surface area contributed by atoms with Crippen molar-refractivity contribution in [2.24, 2.45) is 0 Å². The first-order valence-corrected chi connectivity index (χ1v) is 5.33. The number of benzene rings is 1. The summed E-state index contributed by atoms with van der Waals surface area (Å²) in [5.74, 6) is 0.432. The molecule has 0 N–H and O–H groups in total. The average Bonchev–Trinajstić information content (AvgIpc) is 2.30. The highest BCUT2D eigenvalue weighted by Gasteiger charge is 2.10. The lowest BCUT2D eigenvalue weighted by Gasteiger charge is -2.16. The summed E-state index contributed by atoms with van der Waals surface area (Å²) in [5, 5.41) is 0. The minimum Gasteiger partial charge on any atom is -0.0991 e. The van der Waals surface area contributed by atoms with Crippen molar-refractivity contribution >= 4 is 0 Å². The molecule has 0 aliphatic heterocycles. The molecule has 0 heteroatoms. The Morgan fingerprint density at radius 3 is 2.40 bits per heavy atom. The van der Waals surface area contributed by atoms with Crippen LogP contribution in [0.4, 0.5) is 0 Å². The van der Waals surface area contributed by atoms with Gasteiger partial charge in [0.25, 0.3) is 0 Å². The van der Waals surface area contributed by atoms with Crippen LogP contribution < -0.4 is 0 Å². The summed E-state index contributed by atoms with van der Waals surface area (Å²) in [6.07, 6.45) is 6.86. The molecule has 0 amide bonds. The molecule has 1 aromatic rings.